The first-order valence-corrected chi connectivity index (χ1v) is 2.76. The van der Waals surface area contributed by atoms with Gasteiger partial charge in [0.25, 0.3) is 0 Å². The van der Waals surface area contributed by atoms with Crippen molar-refractivity contribution in [2.45, 2.75) is 33.5 Å². The molecule has 0 rings (SSSR count). The monoisotopic (exact) mass is 96.1 g/mol. The minimum atomic E-state index is 0.425. The summed E-state index contributed by atoms with van der Waals surface area (Å²) in [5, 5.41) is 0. The molecular weight excluding hydrogens is 82.9 g/mol. The van der Waals surface area contributed by atoms with Crippen LogP contribution in [0.25, 0.3) is 0 Å². The highest BCUT2D eigenvalue weighted by atomic mass is 14.1. The van der Waals surface area contributed by atoms with Crippen LogP contribution in [0.1, 0.15) is 27.2 Å². The van der Waals surface area contributed by atoms with Gasteiger partial charge in [-0.15, -0.1) is 0 Å². The molecule has 0 aliphatic rings. The second-order valence-electron chi connectivity index (χ2n) is 3.10. The van der Waals surface area contributed by atoms with E-state index < -0.39 is 0 Å². The molecule has 0 aromatic rings. The first-order valence-electron chi connectivity index (χ1n) is 2.76. The van der Waals surface area contributed by atoms with Crippen LogP contribution in [-0.4, -0.2) is 7.85 Å². The lowest BCUT2D eigenvalue weighted by atomic mass is 9.85. The SMILES string of the molecule is [B]CCC(C)(C)C. The molecule has 0 aliphatic carbocycles. The van der Waals surface area contributed by atoms with E-state index in [4.69, 9.17) is 7.85 Å². The first-order chi connectivity index (χ1) is 3.06. The van der Waals surface area contributed by atoms with Crippen molar-refractivity contribution in [3.8, 4) is 0 Å². The molecule has 0 aromatic carbocycles. The third kappa shape index (κ3) is 6.06. The third-order valence-corrected chi connectivity index (χ3v) is 0.894. The van der Waals surface area contributed by atoms with Crippen molar-refractivity contribution in [3.05, 3.63) is 0 Å². The Hall–Kier alpha value is 0.0649. The van der Waals surface area contributed by atoms with Crippen molar-refractivity contribution in [3.63, 3.8) is 0 Å². The van der Waals surface area contributed by atoms with Crippen molar-refractivity contribution in [1.29, 1.82) is 0 Å². The normalized spacial score (nSPS) is 11.9. The van der Waals surface area contributed by atoms with Gasteiger partial charge < -0.3 is 0 Å². The van der Waals surface area contributed by atoms with Crippen LogP contribution < -0.4 is 0 Å². The smallest absolute Gasteiger partial charge is 0.0653 e. The van der Waals surface area contributed by atoms with E-state index in [2.05, 4.69) is 20.8 Å². The lowest BCUT2D eigenvalue weighted by Crippen LogP contribution is -2.02. The van der Waals surface area contributed by atoms with E-state index in [0.29, 0.717) is 5.41 Å². The van der Waals surface area contributed by atoms with Crippen LogP contribution in [0.2, 0.25) is 6.32 Å². The van der Waals surface area contributed by atoms with E-state index in [0.717, 1.165) is 12.7 Å². The van der Waals surface area contributed by atoms with Gasteiger partial charge in [-0.25, -0.2) is 0 Å². The standard InChI is InChI=1S/C6H13B/c1-6(2,3)4-5-7/h4-5H2,1-3H3. The van der Waals surface area contributed by atoms with Crippen molar-refractivity contribution in [2.75, 3.05) is 0 Å². The summed E-state index contributed by atoms with van der Waals surface area (Å²) >= 11 is 0. The molecule has 40 valence electrons. The molecule has 0 aliphatic heterocycles. The van der Waals surface area contributed by atoms with E-state index in [1.165, 1.54) is 0 Å². The number of hydrogen-bond donors (Lipinski definition) is 0. The molecule has 0 saturated heterocycles. The van der Waals surface area contributed by atoms with Crippen LogP contribution in [0.5, 0.6) is 0 Å². The fourth-order valence-corrected chi connectivity index (χ4v) is 0.433. The molecule has 0 amide bonds. The van der Waals surface area contributed by atoms with E-state index in [-0.39, 0.29) is 0 Å². The van der Waals surface area contributed by atoms with Gasteiger partial charge in [0.05, 0.1) is 7.85 Å². The topological polar surface area (TPSA) is 0 Å². The summed E-state index contributed by atoms with van der Waals surface area (Å²) in [6.07, 6.45) is 1.93. The summed E-state index contributed by atoms with van der Waals surface area (Å²) < 4.78 is 0. The molecule has 0 spiro atoms. The summed E-state index contributed by atoms with van der Waals surface area (Å²) in [7, 11) is 5.31. The Morgan fingerprint density at radius 2 is 1.71 bits per heavy atom. The van der Waals surface area contributed by atoms with Crippen molar-refractivity contribution in [2.24, 2.45) is 5.41 Å². The van der Waals surface area contributed by atoms with Gasteiger partial charge in [-0.3, -0.25) is 0 Å². The summed E-state index contributed by atoms with van der Waals surface area (Å²) in [4.78, 5) is 0. The second-order valence-corrected chi connectivity index (χ2v) is 3.10. The zero-order chi connectivity index (χ0) is 5.91. The van der Waals surface area contributed by atoms with Gasteiger partial charge in [0.15, 0.2) is 0 Å². The van der Waals surface area contributed by atoms with Crippen LogP contribution in [0.4, 0.5) is 0 Å². The van der Waals surface area contributed by atoms with Crippen molar-refractivity contribution >= 4 is 7.85 Å². The molecule has 0 aromatic heterocycles. The summed E-state index contributed by atoms with van der Waals surface area (Å²) in [6.45, 7) is 6.58. The Morgan fingerprint density at radius 3 is 1.71 bits per heavy atom. The Kier molecular flexibility index (Phi) is 2.41. The minimum Gasteiger partial charge on any atom is -0.0882 e. The fraction of sp³-hybridized carbons (Fsp3) is 1.00. The Balaban J connectivity index is 3.15. The predicted molar refractivity (Wildman–Crippen MR) is 34.6 cm³/mol. The highest BCUT2D eigenvalue weighted by Gasteiger charge is 2.05. The minimum absolute atomic E-state index is 0.425. The quantitative estimate of drug-likeness (QED) is 0.438. The molecule has 2 radical (unpaired) electrons. The number of hydrogen-bond acceptors (Lipinski definition) is 0. The zero-order valence-corrected chi connectivity index (χ0v) is 5.49. The Bertz CT molecular complexity index is 42.6. The maximum Gasteiger partial charge on any atom is 0.0653 e. The largest absolute Gasteiger partial charge is 0.0882 e. The zero-order valence-electron chi connectivity index (χ0n) is 5.49. The molecule has 0 atom stereocenters. The summed E-state index contributed by atoms with van der Waals surface area (Å²) in [5.74, 6) is 0. The molecule has 0 unspecified atom stereocenters. The Labute approximate surface area is 47.7 Å². The van der Waals surface area contributed by atoms with Crippen molar-refractivity contribution in [1.82, 2.24) is 0 Å². The number of rotatable bonds is 1. The molecule has 0 N–H and O–H groups in total. The van der Waals surface area contributed by atoms with E-state index in [1.54, 1.807) is 0 Å². The highest BCUT2D eigenvalue weighted by molar-refractivity contribution is 6.08. The highest BCUT2D eigenvalue weighted by Crippen LogP contribution is 2.19. The van der Waals surface area contributed by atoms with Crippen LogP contribution >= 0.6 is 0 Å². The second kappa shape index (κ2) is 2.39. The van der Waals surface area contributed by atoms with E-state index in [1.807, 2.05) is 0 Å². The molecule has 7 heavy (non-hydrogen) atoms. The van der Waals surface area contributed by atoms with Gasteiger partial charge in [0.2, 0.25) is 0 Å². The predicted octanol–water partition coefficient (Wildman–Crippen LogP) is 2.01. The molecule has 0 fully saturated rings. The van der Waals surface area contributed by atoms with Gasteiger partial charge in [0.1, 0.15) is 0 Å². The van der Waals surface area contributed by atoms with Crippen LogP contribution in [-0.2, 0) is 0 Å². The summed E-state index contributed by atoms with van der Waals surface area (Å²) in [5.41, 5.74) is 0.425. The van der Waals surface area contributed by atoms with Crippen molar-refractivity contribution < 1.29 is 0 Å². The average molecular weight is 96.0 g/mol. The molecular formula is C6H13B. The van der Waals surface area contributed by atoms with Crippen LogP contribution in [0.3, 0.4) is 0 Å². The van der Waals surface area contributed by atoms with Gasteiger partial charge in [-0.05, 0) is 5.41 Å². The summed E-state index contributed by atoms with van der Waals surface area (Å²) in [6, 6.07) is 0. The van der Waals surface area contributed by atoms with Gasteiger partial charge in [0, 0.05) is 0 Å². The Morgan fingerprint density at radius 1 is 1.29 bits per heavy atom. The molecule has 0 saturated carbocycles. The lowest BCUT2D eigenvalue weighted by Gasteiger charge is -2.15. The maximum absolute atomic E-state index is 5.31. The maximum atomic E-state index is 5.31. The van der Waals surface area contributed by atoms with Crippen LogP contribution in [0, 0.1) is 5.41 Å². The van der Waals surface area contributed by atoms with E-state index in [9.17, 15) is 0 Å². The van der Waals surface area contributed by atoms with E-state index >= 15 is 0 Å². The molecule has 1 heteroatoms. The van der Waals surface area contributed by atoms with Gasteiger partial charge in [-0.2, -0.15) is 0 Å². The fourth-order valence-electron chi connectivity index (χ4n) is 0.433. The molecule has 0 bridgehead atoms. The average Bonchev–Trinajstić information content (AvgIpc) is 1.30. The van der Waals surface area contributed by atoms with Gasteiger partial charge >= 0.3 is 0 Å². The first kappa shape index (κ1) is 7.06. The van der Waals surface area contributed by atoms with Gasteiger partial charge in [-0.1, -0.05) is 33.5 Å². The molecule has 0 heterocycles. The third-order valence-electron chi connectivity index (χ3n) is 0.894. The van der Waals surface area contributed by atoms with Crippen LogP contribution in [0.15, 0.2) is 0 Å². The lowest BCUT2D eigenvalue weighted by molar-refractivity contribution is 0.398. The molecule has 0 nitrogen and oxygen atoms in total.